The van der Waals surface area contributed by atoms with Gasteiger partial charge in [0.1, 0.15) is 6.54 Å². The van der Waals surface area contributed by atoms with Gasteiger partial charge in [-0.1, -0.05) is 31.0 Å². The van der Waals surface area contributed by atoms with Crippen LogP contribution in [0.25, 0.3) is 10.9 Å². The van der Waals surface area contributed by atoms with Gasteiger partial charge in [-0.25, -0.2) is 0 Å². The molecule has 1 saturated carbocycles. The summed E-state index contributed by atoms with van der Waals surface area (Å²) in [5, 5.41) is 1.26. The monoisotopic (exact) mass is 393 g/mol. The molecule has 3 aliphatic rings. The van der Waals surface area contributed by atoms with E-state index in [2.05, 4.69) is 29.4 Å². The van der Waals surface area contributed by atoms with Crippen molar-refractivity contribution in [2.45, 2.75) is 44.4 Å². The summed E-state index contributed by atoms with van der Waals surface area (Å²) in [4.78, 5) is 44.5. The minimum absolute atomic E-state index is 0.0809. The molecule has 0 bridgehead atoms. The number of hydrogen-bond acceptors (Lipinski definition) is 3. The highest BCUT2D eigenvalue weighted by molar-refractivity contribution is 6.07. The quantitative estimate of drug-likeness (QED) is 0.815. The van der Waals surface area contributed by atoms with Crippen molar-refractivity contribution in [3.8, 4) is 0 Å². The Morgan fingerprint density at radius 2 is 1.62 bits per heavy atom. The molecule has 1 aliphatic carbocycles. The Hall–Kier alpha value is -2.63. The number of aromatic nitrogens is 1. The highest BCUT2D eigenvalue weighted by Crippen LogP contribution is 2.38. The smallest absolute Gasteiger partial charge is 0.242 e. The fourth-order valence-corrected chi connectivity index (χ4v) is 5.49. The fraction of sp³-hybridized carbons (Fsp3) is 0.522. The first-order chi connectivity index (χ1) is 14.1. The molecular weight excluding hydrogens is 366 g/mol. The number of amides is 3. The molecule has 6 nitrogen and oxygen atoms in total. The highest BCUT2D eigenvalue weighted by Gasteiger charge is 2.48. The van der Waals surface area contributed by atoms with Crippen molar-refractivity contribution in [3.63, 3.8) is 0 Å². The SMILES string of the molecule is O=C(CN1C(=O)C2CCCCC2C1=O)N1CCC(c2c[nH]c3ccccc23)CC1. The van der Waals surface area contributed by atoms with Crippen LogP contribution in [0.4, 0.5) is 0 Å². The van der Waals surface area contributed by atoms with Gasteiger partial charge in [0.25, 0.3) is 0 Å². The number of benzene rings is 1. The van der Waals surface area contributed by atoms with Crippen LogP contribution in [-0.2, 0) is 14.4 Å². The van der Waals surface area contributed by atoms with Crippen molar-refractivity contribution >= 4 is 28.6 Å². The molecule has 1 N–H and O–H groups in total. The zero-order valence-corrected chi connectivity index (χ0v) is 16.6. The van der Waals surface area contributed by atoms with E-state index in [0.717, 1.165) is 44.0 Å². The lowest BCUT2D eigenvalue weighted by Gasteiger charge is -2.33. The summed E-state index contributed by atoms with van der Waals surface area (Å²) in [6.45, 7) is 1.26. The first-order valence-corrected chi connectivity index (χ1v) is 10.8. The Morgan fingerprint density at radius 1 is 0.966 bits per heavy atom. The Labute approximate surface area is 170 Å². The Morgan fingerprint density at radius 3 is 2.31 bits per heavy atom. The zero-order chi connectivity index (χ0) is 20.0. The van der Waals surface area contributed by atoms with E-state index in [0.29, 0.717) is 19.0 Å². The summed E-state index contributed by atoms with van der Waals surface area (Å²) in [5.41, 5.74) is 2.47. The predicted molar refractivity (Wildman–Crippen MR) is 109 cm³/mol. The Balaban J connectivity index is 1.21. The molecule has 29 heavy (non-hydrogen) atoms. The van der Waals surface area contributed by atoms with E-state index in [1.807, 2.05) is 11.0 Å². The zero-order valence-electron chi connectivity index (χ0n) is 16.6. The number of fused-ring (bicyclic) bond motifs is 2. The van der Waals surface area contributed by atoms with Crippen LogP contribution in [0.1, 0.15) is 50.0 Å². The lowest BCUT2D eigenvalue weighted by molar-refractivity contribution is -0.147. The largest absolute Gasteiger partial charge is 0.361 e. The number of piperidine rings is 1. The van der Waals surface area contributed by atoms with Gasteiger partial charge in [0.05, 0.1) is 11.8 Å². The maximum atomic E-state index is 12.8. The number of nitrogens with one attached hydrogen (secondary N) is 1. The Kier molecular flexibility index (Phi) is 4.64. The second-order valence-corrected chi connectivity index (χ2v) is 8.70. The molecule has 2 unspecified atom stereocenters. The van der Waals surface area contributed by atoms with Gasteiger partial charge < -0.3 is 9.88 Å². The molecule has 0 radical (unpaired) electrons. The van der Waals surface area contributed by atoms with Crippen LogP contribution in [0.2, 0.25) is 0 Å². The molecule has 5 rings (SSSR count). The van der Waals surface area contributed by atoms with Gasteiger partial charge in [-0.05, 0) is 43.2 Å². The number of carbonyl (C=O) groups is 3. The summed E-state index contributed by atoms with van der Waals surface area (Å²) in [7, 11) is 0. The van der Waals surface area contributed by atoms with E-state index in [1.54, 1.807) is 0 Å². The van der Waals surface area contributed by atoms with Gasteiger partial charge >= 0.3 is 0 Å². The lowest BCUT2D eigenvalue weighted by atomic mass is 9.81. The minimum atomic E-state index is -0.184. The molecule has 2 atom stereocenters. The molecular formula is C23H27N3O3. The number of rotatable bonds is 3. The van der Waals surface area contributed by atoms with Gasteiger partial charge in [0, 0.05) is 30.2 Å². The molecule has 152 valence electrons. The average molecular weight is 393 g/mol. The summed E-state index contributed by atoms with van der Waals surface area (Å²) in [5.74, 6) is -0.285. The van der Waals surface area contributed by atoms with Crippen LogP contribution in [-0.4, -0.2) is 52.1 Å². The minimum Gasteiger partial charge on any atom is -0.361 e. The number of hydrogen-bond donors (Lipinski definition) is 1. The van der Waals surface area contributed by atoms with Crippen LogP contribution in [0, 0.1) is 11.8 Å². The van der Waals surface area contributed by atoms with Crippen molar-refractivity contribution in [3.05, 3.63) is 36.0 Å². The summed E-state index contributed by atoms with van der Waals surface area (Å²) < 4.78 is 0. The molecule has 1 aromatic heterocycles. The molecule has 2 saturated heterocycles. The molecule has 0 spiro atoms. The average Bonchev–Trinajstić information content (AvgIpc) is 3.29. The fourth-order valence-electron chi connectivity index (χ4n) is 5.49. The van der Waals surface area contributed by atoms with Crippen LogP contribution < -0.4 is 0 Å². The highest BCUT2D eigenvalue weighted by atomic mass is 16.2. The number of aromatic amines is 1. The lowest BCUT2D eigenvalue weighted by Crippen LogP contribution is -2.45. The van der Waals surface area contributed by atoms with Crippen molar-refractivity contribution in [2.24, 2.45) is 11.8 Å². The second-order valence-electron chi connectivity index (χ2n) is 8.70. The predicted octanol–water partition coefficient (Wildman–Crippen LogP) is 3.05. The van der Waals surface area contributed by atoms with Crippen molar-refractivity contribution in [1.82, 2.24) is 14.8 Å². The number of para-hydroxylation sites is 1. The topological polar surface area (TPSA) is 73.5 Å². The van der Waals surface area contributed by atoms with E-state index in [1.165, 1.54) is 15.8 Å². The number of H-pyrrole nitrogens is 1. The first kappa shape index (κ1) is 18.4. The van der Waals surface area contributed by atoms with Gasteiger partial charge in [-0.15, -0.1) is 0 Å². The molecule has 2 aromatic rings. The molecule has 3 heterocycles. The van der Waals surface area contributed by atoms with Crippen LogP contribution in [0.3, 0.4) is 0 Å². The Bertz CT molecular complexity index is 933. The third-order valence-corrected chi connectivity index (χ3v) is 7.13. The van der Waals surface area contributed by atoms with Crippen molar-refractivity contribution in [2.75, 3.05) is 19.6 Å². The van der Waals surface area contributed by atoms with Crippen molar-refractivity contribution in [1.29, 1.82) is 0 Å². The molecule has 1 aromatic carbocycles. The van der Waals surface area contributed by atoms with Gasteiger partial charge in [-0.2, -0.15) is 0 Å². The molecule has 3 amide bonds. The van der Waals surface area contributed by atoms with E-state index in [-0.39, 0.29) is 36.1 Å². The van der Waals surface area contributed by atoms with E-state index >= 15 is 0 Å². The summed E-state index contributed by atoms with van der Waals surface area (Å²) in [6, 6.07) is 8.31. The van der Waals surface area contributed by atoms with Gasteiger partial charge in [0.2, 0.25) is 17.7 Å². The number of imide groups is 1. The van der Waals surface area contributed by atoms with Crippen LogP contribution in [0.15, 0.2) is 30.5 Å². The number of nitrogens with zero attached hydrogens (tertiary/aromatic N) is 2. The standard InChI is InChI=1S/C23H27N3O3/c27-21(14-26-22(28)17-6-1-2-7-18(17)23(26)29)25-11-9-15(10-12-25)19-13-24-20-8-4-3-5-16(19)20/h3-5,8,13,15,17-18,24H,1-2,6-7,9-12,14H2. The van der Waals surface area contributed by atoms with E-state index in [9.17, 15) is 14.4 Å². The third kappa shape index (κ3) is 3.15. The van der Waals surface area contributed by atoms with Crippen molar-refractivity contribution < 1.29 is 14.4 Å². The summed E-state index contributed by atoms with van der Waals surface area (Å²) >= 11 is 0. The number of likely N-dealkylation sites (tertiary alicyclic amines) is 2. The summed E-state index contributed by atoms with van der Waals surface area (Å²) in [6.07, 6.45) is 7.48. The van der Waals surface area contributed by atoms with Crippen LogP contribution >= 0.6 is 0 Å². The van der Waals surface area contributed by atoms with E-state index < -0.39 is 0 Å². The number of carbonyl (C=O) groups excluding carboxylic acids is 3. The third-order valence-electron chi connectivity index (χ3n) is 7.13. The van der Waals surface area contributed by atoms with Gasteiger partial charge in [0.15, 0.2) is 0 Å². The first-order valence-electron chi connectivity index (χ1n) is 10.8. The normalized spacial score (nSPS) is 25.7. The molecule has 3 fully saturated rings. The maximum Gasteiger partial charge on any atom is 0.242 e. The molecule has 6 heteroatoms. The van der Waals surface area contributed by atoms with Crippen LogP contribution in [0.5, 0.6) is 0 Å². The second kappa shape index (κ2) is 7.32. The molecule has 2 aliphatic heterocycles. The van der Waals surface area contributed by atoms with E-state index in [4.69, 9.17) is 0 Å². The van der Waals surface area contributed by atoms with Gasteiger partial charge in [-0.3, -0.25) is 19.3 Å². The maximum absolute atomic E-state index is 12.8.